The molecule has 9 nitrogen and oxygen atoms in total. The van der Waals surface area contributed by atoms with Crippen LogP contribution in [-0.2, 0) is 17.9 Å². The van der Waals surface area contributed by atoms with Crippen molar-refractivity contribution in [1.29, 1.82) is 0 Å². The van der Waals surface area contributed by atoms with Gasteiger partial charge in [0.15, 0.2) is 11.5 Å². The number of pyridine rings is 1. The zero-order valence-electron chi connectivity index (χ0n) is 22.7. The van der Waals surface area contributed by atoms with Gasteiger partial charge in [-0.05, 0) is 41.5 Å². The van der Waals surface area contributed by atoms with E-state index in [4.69, 9.17) is 18.6 Å². The summed E-state index contributed by atoms with van der Waals surface area (Å²) in [5.74, 6) is 1.56. The first-order valence-corrected chi connectivity index (χ1v) is 13.5. The second-order valence-corrected chi connectivity index (χ2v) is 9.77. The number of benzene rings is 2. The Morgan fingerprint density at radius 1 is 0.900 bits per heavy atom. The molecule has 0 saturated heterocycles. The number of anilines is 1. The average Bonchev–Trinajstić information content (AvgIpc) is 3.46. The average molecular weight is 608 g/mol. The van der Waals surface area contributed by atoms with E-state index in [0.717, 1.165) is 22.6 Å². The number of Topliss-reactive ketones (excluding diaryl/α,β-unsaturated/α-hetero) is 2. The molecular formula is C30H30BrN3O6. The van der Waals surface area contributed by atoms with Gasteiger partial charge in [-0.25, -0.2) is 9.97 Å². The summed E-state index contributed by atoms with van der Waals surface area (Å²) in [4.78, 5) is 35.7. The predicted octanol–water partition coefficient (Wildman–Crippen LogP) is 5.89. The monoisotopic (exact) mass is 607 g/mol. The quantitative estimate of drug-likeness (QED) is 0.104. The Kier molecular flexibility index (Phi) is 9.55. The second kappa shape index (κ2) is 13.3. The lowest BCUT2D eigenvalue weighted by molar-refractivity contribution is -0.117. The van der Waals surface area contributed by atoms with Gasteiger partial charge in [0.05, 0.1) is 21.3 Å². The zero-order chi connectivity index (χ0) is 28.6. The number of ketones is 2. The second-order valence-electron chi connectivity index (χ2n) is 8.86. The number of rotatable bonds is 13. The molecule has 0 radical (unpaired) electrons. The van der Waals surface area contributed by atoms with Crippen LogP contribution in [0.1, 0.15) is 35.0 Å². The minimum Gasteiger partial charge on any atom is -0.497 e. The molecule has 4 aromatic rings. The lowest BCUT2D eigenvalue weighted by atomic mass is 10.1. The van der Waals surface area contributed by atoms with E-state index in [1.807, 2.05) is 53.4 Å². The van der Waals surface area contributed by atoms with E-state index in [0.29, 0.717) is 24.5 Å². The Balaban J connectivity index is 1.82. The maximum absolute atomic E-state index is 13.6. The number of ether oxygens (including phenoxy) is 3. The van der Waals surface area contributed by atoms with Gasteiger partial charge in [-0.2, -0.15) is 0 Å². The number of alkyl halides is 1. The van der Waals surface area contributed by atoms with Crippen LogP contribution < -0.4 is 19.1 Å². The summed E-state index contributed by atoms with van der Waals surface area (Å²) in [5, 5.41) is 0. The Labute approximate surface area is 241 Å². The standard InChI is InChI=1S/C30H30BrN3O6/c1-5-24(35)26(31)28(36)27-30(40-29(33-27)21-14-15-32-25(16-21)39-4)34(17-19-6-10-22(37-2)11-7-19)18-20-8-12-23(38-3)13-9-20/h6-16,26H,5,17-18H2,1-4H3. The highest BCUT2D eigenvalue weighted by Crippen LogP contribution is 2.33. The highest BCUT2D eigenvalue weighted by molar-refractivity contribution is 9.10. The van der Waals surface area contributed by atoms with Crippen molar-refractivity contribution in [3.63, 3.8) is 0 Å². The number of halogens is 1. The van der Waals surface area contributed by atoms with Gasteiger partial charge >= 0.3 is 0 Å². The van der Waals surface area contributed by atoms with E-state index in [1.165, 1.54) is 7.11 Å². The smallest absolute Gasteiger partial charge is 0.229 e. The summed E-state index contributed by atoms with van der Waals surface area (Å²) in [6.07, 6.45) is 1.77. The summed E-state index contributed by atoms with van der Waals surface area (Å²) in [6.45, 7) is 2.49. The molecule has 10 heteroatoms. The molecule has 1 atom stereocenters. The molecule has 0 saturated carbocycles. The van der Waals surface area contributed by atoms with E-state index in [1.54, 1.807) is 39.5 Å². The van der Waals surface area contributed by atoms with Crippen LogP contribution in [0.3, 0.4) is 0 Å². The molecule has 2 aromatic heterocycles. The van der Waals surface area contributed by atoms with Crippen LogP contribution in [0.5, 0.6) is 17.4 Å². The van der Waals surface area contributed by atoms with E-state index in [-0.39, 0.29) is 29.7 Å². The van der Waals surface area contributed by atoms with Gasteiger partial charge in [-0.15, -0.1) is 0 Å². The first-order chi connectivity index (χ1) is 19.4. The Bertz CT molecular complexity index is 1400. The minimum atomic E-state index is -1.05. The number of nitrogens with zero attached hydrogens (tertiary/aromatic N) is 3. The van der Waals surface area contributed by atoms with Crippen LogP contribution in [0.2, 0.25) is 0 Å². The van der Waals surface area contributed by atoms with Gasteiger partial charge in [0.25, 0.3) is 0 Å². The zero-order valence-corrected chi connectivity index (χ0v) is 24.3. The van der Waals surface area contributed by atoms with E-state index in [2.05, 4.69) is 25.9 Å². The number of methoxy groups -OCH3 is 3. The van der Waals surface area contributed by atoms with Gasteiger partial charge < -0.3 is 23.5 Å². The number of oxazole rings is 1. The third-order valence-corrected chi connectivity index (χ3v) is 7.17. The maximum Gasteiger partial charge on any atom is 0.229 e. The van der Waals surface area contributed by atoms with Crippen LogP contribution in [0, 0.1) is 0 Å². The first kappa shape index (κ1) is 28.8. The number of carbonyl (C=O) groups excluding carboxylic acids is 2. The largest absolute Gasteiger partial charge is 0.497 e. The fourth-order valence-corrected chi connectivity index (χ4v) is 4.55. The van der Waals surface area contributed by atoms with Gasteiger partial charge in [0.2, 0.25) is 23.4 Å². The molecule has 4 rings (SSSR count). The van der Waals surface area contributed by atoms with Crippen molar-refractivity contribution in [3.8, 4) is 28.8 Å². The summed E-state index contributed by atoms with van der Waals surface area (Å²) in [6, 6.07) is 18.7. The van der Waals surface area contributed by atoms with Gasteiger partial charge in [0.1, 0.15) is 16.3 Å². The topological polar surface area (TPSA) is 104 Å². The molecule has 1 unspecified atom stereocenters. The molecular weight excluding hydrogens is 578 g/mol. The number of aromatic nitrogens is 2. The van der Waals surface area contributed by atoms with Gasteiger partial charge in [0, 0.05) is 37.3 Å². The fraction of sp³-hybridized carbons (Fsp3) is 0.267. The van der Waals surface area contributed by atoms with E-state index < -0.39 is 10.6 Å². The molecule has 40 heavy (non-hydrogen) atoms. The molecule has 0 aliphatic carbocycles. The molecule has 2 heterocycles. The van der Waals surface area contributed by atoms with E-state index >= 15 is 0 Å². The molecule has 0 aliphatic heterocycles. The van der Waals surface area contributed by atoms with Crippen LogP contribution in [0.15, 0.2) is 71.3 Å². The highest BCUT2D eigenvalue weighted by Gasteiger charge is 2.32. The van der Waals surface area contributed by atoms with Gasteiger partial charge in [-0.3, -0.25) is 9.59 Å². The fourth-order valence-electron chi connectivity index (χ4n) is 4.01. The number of hydrogen-bond donors (Lipinski definition) is 0. The SMILES string of the molecule is CCC(=O)C(Br)C(=O)c1nc(-c2ccnc(OC)c2)oc1N(Cc1ccc(OC)cc1)Cc1ccc(OC)cc1. The van der Waals surface area contributed by atoms with Crippen molar-refractivity contribution in [3.05, 3.63) is 83.7 Å². The Morgan fingerprint density at radius 2 is 1.48 bits per heavy atom. The predicted molar refractivity (Wildman–Crippen MR) is 155 cm³/mol. The highest BCUT2D eigenvalue weighted by atomic mass is 79.9. The van der Waals surface area contributed by atoms with Crippen molar-refractivity contribution >= 4 is 33.4 Å². The van der Waals surface area contributed by atoms with Crippen molar-refractivity contribution in [2.24, 2.45) is 0 Å². The third kappa shape index (κ3) is 6.69. The molecule has 0 fully saturated rings. The lowest BCUT2D eigenvalue weighted by Gasteiger charge is -2.23. The van der Waals surface area contributed by atoms with Crippen molar-refractivity contribution < 1.29 is 28.2 Å². The summed E-state index contributed by atoms with van der Waals surface area (Å²) < 4.78 is 22.2. The summed E-state index contributed by atoms with van der Waals surface area (Å²) in [7, 11) is 4.74. The van der Waals surface area contributed by atoms with E-state index in [9.17, 15) is 9.59 Å². The van der Waals surface area contributed by atoms with Crippen LogP contribution in [0.25, 0.3) is 11.5 Å². The van der Waals surface area contributed by atoms with Crippen LogP contribution in [0.4, 0.5) is 5.88 Å². The molecule has 0 amide bonds. The summed E-state index contributed by atoms with van der Waals surface area (Å²) >= 11 is 3.29. The third-order valence-electron chi connectivity index (χ3n) is 6.25. The van der Waals surface area contributed by atoms with Crippen LogP contribution >= 0.6 is 15.9 Å². The number of hydrogen-bond acceptors (Lipinski definition) is 9. The van der Waals surface area contributed by atoms with Crippen LogP contribution in [-0.4, -0.2) is 47.7 Å². The lowest BCUT2D eigenvalue weighted by Crippen LogP contribution is -2.28. The Morgan fingerprint density at radius 3 is 1.98 bits per heavy atom. The van der Waals surface area contributed by atoms with Crippen molar-refractivity contribution in [2.75, 3.05) is 26.2 Å². The normalized spacial score (nSPS) is 11.5. The molecule has 0 spiro atoms. The number of carbonyl (C=O) groups is 2. The molecule has 208 valence electrons. The molecule has 0 aliphatic rings. The van der Waals surface area contributed by atoms with Crippen molar-refractivity contribution in [2.45, 2.75) is 31.3 Å². The van der Waals surface area contributed by atoms with Gasteiger partial charge in [-0.1, -0.05) is 47.1 Å². The Hall–Kier alpha value is -4.18. The molecule has 2 aromatic carbocycles. The first-order valence-electron chi connectivity index (χ1n) is 12.6. The molecule has 0 N–H and O–H groups in total. The summed E-state index contributed by atoms with van der Waals surface area (Å²) in [5.41, 5.74) is 2.54. The van der Waals surface area contributed by atoms with Crippen molar-refractivity contribution in [1.82, 2.24) is 9.97 Å². The molecule has 0 bridgehead atoms. The maximum atomic E-state index is 13.6. The minimum absolute atomic E-state index is 0.0523.